The van der Waals surface area contributed by atoms with Crippen molar-refractivity contribution in [3.8, 4) is 0 Å². The minimum Gasteiger partial charge on any atom is -0.379 e. The number of thiophene rings is 1. The van der Waals surface area contributed by atoms with Crippen molar-refractivity contribution in [2.24, 2.45) is 4.99 Å². The summed E-state index contributed by atoms with van der Waals surface area (Å²) in [6.07, 6.45) is 1.11. The third-order valence-corrected chi connectivity index (χ3v) is 5.17. The molecule has 1 fully saturated rings. The fourth-order valence-corrected chi connectivity index (χ4v) is 3.73. The largest absolute Gasteiger partial charge is 0.379 e. The quantitative estimate of drug-likeness (QED) is 0.238. The van der Waals surface area contributed by atoms with Gasteiger partial charge in [0.15, 0.2) is 5.96 Å². The maximum atomic E-state index is 5.51. The van der Waals surface area contributed by atoms with E-state index in [1.54, 1.807) is 0 Å². The summed E-state index contributed by atoms with van der Waals surface area (Å²) in [7, 11) is 4.21. The summed E-state index contributed by atoms with van der Waals surface area (Å²) in [5.74, 6) is 0.913. The molecule has 2 N–H and O–H groups in total. The number of aliphatic imine (C=N–C) groups is 1. The molecule has 1 aromatic rings. The Hall–Kier alpha value is -0.420. The fourth-order valence-electron chi connectivity index (χ4n) is 2.88. The molecule has 0 radical (unpaired) electrons. The molecule has 0 bridgehead atoms. The van der Waals surface area contributed by atoms with Gasteiger partial charge in [0.1, 0.15) is 0 Å². The van der Waals surface area contributed by atoms with Gasteiger partial charge in [0.25, 0.3) is 0 Å². The summed E-state index contributed by atoms with van der Waals surface area (Å²) in [6, 6.07) is 4.68. The van der Waals surface area contributed by atoms with Crippen molar-refractivity contribution in [2.75, 3.05) is 66.6 Å². The van der Waals surface area contributed by atoms with Crippen LogP contribution < -0.4 is 10.6 Å². The minimum absolute atomic E-state index is 0. The van der Waals surface area contributed by atoms with E-state index in [0.29, 0.717) is 6.04 Å². The molecule has 2 rings (SSSR count). The molecule has 1 unspecified atom stereocenters. The molecule has 0 aromatic carbocycles. The third-order valence-electron chi connectivity index (χ3n) is 4.20. The van der Waals surface area contributed by atoms with Crippen molar-refractivity contribution in [3.05, 3.63) is 22.4 Å². The molecule has 1 aliphatic heterocycles. The molecule has 0 saturated carbocycles. The van der Waals surface area contributed by atoms with Crippen LogP contribution in [0, 0.1) is 0 Å². The molecule has 0 amide bonds. The zero-order valence-corrected chi connectivity index (χ0v) is 19.4. The summed E-state index contributed by atoms with van der Waals surface area (Å²) in [6.45, 7) is 9.35. The number of guanidine groups is 1. The third kappa shape index (κ3) is 8.51. The highest BCUT2D eigenvalue weighted by molar-refractivity contribution is 14.0. The van der Waals surface area contributed by atoms with Gasteiger partial charge < -0.3 is 20.3 Å². The van der Waals surface area contributed by atoms with Gasteiger partial charge in [-0.2, -0.15) is 0 Å². The van der Waals surface area contributed by atoms with Crippen LogP contribution in [0.3, 0.4) is 0 Å². The fraction of sp³-hybridized carbons (Fsp3) is 0.722. The maximum absolute atomic E-state index is 5.51. The Bertz CT molecular complexity index is 492. The van der Waals surface area contributed by atoms with Crippen LogP contribution in [0.5, 0.6) is 0 Å². The van der Waals surface area contributed by atoms with E-state index in [9.17, 15) is 0 Å². The summed E-state index contributed by atoms with van der Waals surface area (Å²) < 4.78 is 5.51. The number of ether oxygens (including phenoxy) is 1. The lowest BCUT2D eigenvalue weighted by molar-refractivity contribution is 0.0186. The Morgan fingerprint density at radius 2 is 2.12 bits per heavy atom. The first-order chi connectivity index (χ1) is 12.2. The highest BCUT2D eigenvalue weighted by Gasteiger charge is 2.23. The van der Waals surface area contributed by atoms with E-state index in [-0.39, 0.29) is 24.0 Å². The monoisotopic (exact) mass is 495 g/mol. The smallest absolute Gasteiger partial charge is 0.191 e. The average molecular weight is 495 g/mol. The van der Waals surface area contributed by atoms with Gasteiger partial charge in [-0.1, -0.05) is 6.07 Å². The number of halogens is 1. The molecule has 2 heterocycles. The number of nitrogens with one attached hydrogen (secondary N) is 2. The normalized spacial score (nSPS) is 17.0. The van der Waals surface area contributed by atoms with Crippen LogP contribution in [-0.2, 0) is 4.74 Å². The summed E-state index contributed by atoms with van der Waals surface area (Å²) in [5, 5.41) is 8.96. The number of morpholine rings is 1. The molecule has 8 heteroatoms. The van der Waals surface area contributed by atoms with Gasteiger partial charge in [-0.3, -0.25) is 9.89 Å². The molecular formula is C18H34IN5OS. The number of nitrogens with zero attached hydrogens (tertiary/aromatic N) is 3. The highest BCUT2D eigenvalue weighted by Crippen LogP contribution is 2.26. The van der Waals surface area contributed by atoms with Crippen LogP contribution in [0.1, 0.15) is 24.3 Å². The summed E-state index contributed by atoms with van der Waals surface area (Å²) in [4.78, 5) is 10.9. The number of hydrogen-bond acceptors (Lipinski definition) is 5. The van der Waals surface area contributed by atoms with Crippen LogP contribution >= 0.6 is 35.3 Å². The minimum atomic E-state index is 0. The molecule has 1 aliphatic rings. The van der Waals surface area contributed by atoms with E-state index in [2.05, 4.69) is 59.0 Å². The topological polar surface area (TPSA) is 52.1 Å². The lowest BCUT2D eigenvalue weighted by Crippen LogP contribution is -2.42. The van der Waals surface area contributed by atoms with Gasteiger partial charge in [0.05, 0.1) is 25.8 Å². The van der Waals surface area contributed by atoms with E-state index in [1.165, 1.54) is 4.88 Å². The first-order valence-corrected chi connectivity index (χ1v) is 10.1. The molecule has 0 aliphatic carbocycles. The van der Waals surface area contributed by atoms with Gasteiger partial charge in [0, 0.05) is 31.1 Å². The molecule has 1 atom stereocenters. The standard InChI is InChI=1S/C18H33N5OS.HI/c1-4-19-18(20-8-6-9-22(2)3)21-15-16(17-7-5-14-25-17)23-10-12-24-13-11-23;/h5,7,14,16H,4,6,8-13,15H2,1-3H3,(H2,19,20,21);1H. The van der Waals surface area contributed by atoms with E-state index < -0.39 is 0 Å². The van der Waals surface area contributed by atoms with Crippen molar-refractivity contribution in [2.45, 2.75) is 19.4 Å². The molecule has 1 aromatic heterocycles. The predicted octanol–water partition coefficient (Wildman–Crippen LogP) is 2.25. The van der Waals surface area contributed by atoms with Crippen LogP contribution in [0.25, 0.3) is 0 Å². The molecule has 6 nitrogen and oxygen atoms in total. The Balaban J connectivity index is 0.00000338. The van der Waals surface area contributed by atoms with Gasteiger partial charge in [-0.15, -0.1) is 35.3 Å². The predicted molar refractivity (Wildman–Crippen MR) is 122 cm³/mol. The second-order valence-corrected chi connectivity index (χ2v) is 7.46. The second kappa shape index (κ2) is 13.7. The molecule has 0 spiro atoms. The van der Waals surface area contributed by atoms with E-state index in [0.717, 1.165) is 64.9 Å². The van der Waals surface area contributed by atoms with Gasteiger partial charge in [0.2, 0.25) is 0 Å². The zero-order chi connectivity index (χ0) is 17.9. The Kier molecular flexibility index (Phi) is 12.4. The van der Waals surface area contributed by atoms with Crippen molar-refractivity contribution in [1.29, 1.82) is 0 Å². The molecule has 150 valence electrons. The van der Waals surface area contributed by atoms with Crippen LogP contribution in [-0.4, -0.2) is 82.3 Å². The lowest BCUT2D eigenvalue weighted by Gasteiger charge is -2.33. The Morgan fingerprint density at radius 3 is 2.73 bits per heavy atom. The first-order valence-electron chi connectivity index (χ1n) is 9.22. The Labute approximate surface area is 179 Å². The Morgan fingerprint density at radius 1 is 1.35 bits per heavy atom. The SMILES string of the molecule is CCNC(=NCC(c1cccs1)N1CCOCC1)NCCCN(C)C.I. The zero-order valence-electron chi connectivity index (χ0n) is 16.2. The first kappa shape index (κ1) is 23.6. The summed E-state index contributed by atoms with van der Waals surface area (Å²) in [5.41, 5.74) is 0. The van der Waals surface area contributed by atoms with Gasteiger partial charge in [-0.25, -0.2) is 0 Å². The summed E-state index contributed by atoms with van der Waals surface area (Å²) >= 11 is 1.82. The van der Waals surface area contributed by atoms with Crippen LogP contribution in [0.2, 0.25) is 0 Å². The number of rotatable bonds is 9. The van der Waals surface area contributed by atoms with Crippen molar-refractivity contribution >= 4 is 41.3 Å². The van der Waals surface area contributed by atoms with Crippen molar-refractivity contribution in [3.63, 3.8) is 0 Å². The van der Waals surface area contributed by atoms with E-state index in [1.807, 2.05) is 11.3 Å². The van der Waals surface area contributed by atoms with Gasteiger partial charge >= 0.3 is 0 Å². The van der Waals surface area contributed by atoms with Crippen LogP contribution in [0.15, 0.2) is 22.5 Å². The van der Waals surface area contributed by atoms with Gasteiger partial charge in [-0.05, 0) is 45.4 Å². The van der Waals surface area contributed by atoms with E-state index in [4.69, 9.17) is 9.73 Å². The average Bonchev–Trinajstić information content (AvgIpc) is 3.14. The molecule has 1 saturated heterocycles. The van der Waals surface area contributed by atoms with E-state index >= 15 is 0 Å². The maximum Gasteiger partial charge on any atom is 0.191 e. The lowest BCUT2D eigenvalue weighted by atomic mass is 10.2. The highest BCUT2D eigenvalue weighted by atomic mass is 127. The second-order valence-electron chi connectivity index (χ2n) is 6.48. The molecule has 26 heavy (non-hydrogen) atoms. The molecular weight excluding hydrogens is 461 g/mol. The van der Waals surface area contributed by atoms with Crippen molar-refractivity contribution < 1.29 is 4.74 Å². The van der Waals surface area contributed by atoms with Crippen LogP contribution in [0.4, 0.5) is 0 Å². The van der Waals surface area contributed by atoms with Crippen molar-refractivity contribution in [1.82, 2.24) is 20.4 Å². The number of hydrogen-bond donors (Lipinski definition) is 2.